The van der Waals surface area contributed by atoms with Gasteiger partial charge in [-0.05, 0) is 49.2 Å². The van der Waals surface area contributed by atoms with E-state index in [1.165, 1.54) is 17.8 Å². The van der Waals surface area contributed by atoms with Crippen molar-refractivity contribution in [3.63, 3.8) is 0 Å². The third kappa shape index (κ3) is 3.75. The first-order valence-corrected chi connectivity index (χ1v) is 9.36. The highest BCUT2D eigenvalue weighted by Gasteiger charge is 2.29. The summed E-state index contributed by atoms with van der Waals surface area (Å²) >= 11 is 1.50. The second-order valence-electron chi connectivity index (χ2n) is 6.36. The number of anilines is 1. The Morgan fingerprint density at radius 2 is 2.04 bits per heavy atom. The number of hydrogen-bond acceptors (Lipinski definition) is 5. The van der Waals surface area contributed by atoms with Crippen molar-refractivity contribution in [3.8, 4) is 5.75 Å². The molecule has 1 fully saturated rings. The predicted octanol–water partition coefficient (Wildman–Crippen LogP) is 4.14. The summed E-state index contributed by atoms with van der Waals surface area (Å²) in [4.78, 5) is 25.0. The second-order valence-corrected chi connectivity index (χ2v) is 7.41. The summed E-state index contributed by atoms with van der Waals surface area (Å²) in [6.07, 6.45) is 1.94. The molecule has 1 heterocycles. The fourth-order valence-corrected chi connectivity index (χ4v) is 3.57. The zero-order chi connectivity index (χ0) is 18.1. The minimum Gasteiger partial charge on any atom is -0.508 e. The van der Waals surface area contributed by atoms with Gasteiger partial charge in [0.1, 0.15) is 11.3 Å². The van der Waals surface area contributed by atoms with Crippen LogP contribution in [-0.4, -0.2) is 11.0 Å². The first-order valence-electron chi connectivity index (χ1n) is 8.38. The van der Waals surface area contributed by atoms with Crippen LogP contribution in [0, 0.1) is 5.92 Å². The number of phenolic OH excluding ortho intramolecular Hbond substituents is 1. The monoisotopic (exact) mass is 367 g/mol. The number of rotatable bonds is 5. The van der Waals surface area contributed by atoms with Gasteiger partial charge in [0.05, 0.1) is 0 Å². The molecule has 1 saturated carbocycles. The van der Waals surface area contributed by atoms with Gasteiger partial charge in [0.15, 0.2) is 0 Å². The van der Waals surface area contributed by atoms with Crippen molar-refractivity contribution in [2.75, 3.05) is 5.32 Å². The number of aromatic hydroxyl groups is 1. The number of phenols is 1. The Labute approximate surface area is 154 Å². The Hall–Kier alpha value is -2.73. The van der Waals surface area contributed by atoms with Crippen LogP contribution in [0.15, 0.2) is 62.6 Å². The lowest BCUT2D eigenvalue weighted by molar-refractivity contribution is -0.117. The Morgan fingerprint density at radius 1 is 1.19 bits per heavy atom. The minimum atomic E-state index is -0.409. The molecule has 2 aromatic carbocycles. The van der Waals surface area contributed by atoms with Gasteiger partial charge in [-0.1, -0.05) is 6.07 Å². The summed E-state index contributed by atoms with van der Waals surface area (Å²) in [7, 11) is 0. The lowest BCUT2D eigenvalue weighted by Crippen LogP contribution is -2.13. The molecule has 132 valence electrons. The minimum absolute atomic E-state index is 0.0628. The Bertz CT molecular complexity index is 1040. The van der Waals surface area contributed by atoms with E-state index in [0.29, 0.717) is 16.9 Å². The zero-order valence-electron chi connectivity index (χ0n) is 13.9. The number of benzene rings is 2. The third-order valence-corrected chi connectivity index (χ3v) is 5.28. The van der Waals surface area contributed by atoms with Crippen LogP contribution in [0.2, 0.25) is 0 Å². The summed E-state index contributed by atoms with van der Waals surface area (Å²) in [5, 5.41) is 13.2. The van der Waals surface area contributed by atoms with E-state index in [-0.39, 0.29) is 17.6 Å². The number of thioether (sulfide) groups is 1. The van der Waals surface area contributed by atoms with Crippen molar-refractivity contribution in [1.82, 2.24) is 0 Å². The third-order valence-electron chi connectivity index (χ3n) is 4.24. The van der Waals surface area contributed by atoms with Crippen LogP contribution in [-0.2, 0) is 10.5 Å². The summed E-state index contributed by atoms with van der Waals surface area (Å²) in [6.45, 7) is 0. The molecule has 6 heteroatoms. The quantitative estimate of drug-likeness (QED) is 0.523. The van der Waals surface area contributed by atoms with Gasteiger partial charge in [-0.3, -0.25) is 4.79 Å². The molecule has 0 bridgehead atoms. The smallest absolute Gasteiger partial charge is 0.340 e. The van der Waals surface area contributed by atoms with Crippen LogP contribution in [0.5, 0.6) is 5.75 Å². The lowest BCUT2D eigenvalue weighted by Gasteiger charge is -2.07. The molecule has 1 aliphatic rings. The molecule has 5 nitrogen and oxygen atoms in total. The Morgan fingerprint density at radius 3 is 2.85 bits per heavy atom. The first-order chi connectivity index (χ1) is 12.6. The molecule has 1 amide bonds. The van der Waals surface area contributed by atoms with Crippen LogP contribution in [0.25, 0.3) is 11.0 Å². The maximum atomic E-state index is 12.1. The van der Waals surface area contributed by atoms with E-state index in [4.69, 9.17) is 4.42 Å². The van der Waals surface area contributed by atoms with E-state index in [2.05, 4.69) is 5.32 Å². The van der Waals surface area contributed by atoms with Crippen molar-refractivity contribution >= 4 is 34.3 Å². The molecule has 0 radical (unpaired) electrons. The molecule has 0 spiro atoms. The summed E-state index contributed by atoms with van der Waals surface area (Å²) in [5.74, 6) is 0.755. The predicted molar refractivity (Wildman–Crippen MR) is 102 cm³/mol. The van der Waals surface area contributed by atoms with E-state index in [1.807, 2.05) is 24.3 Å². The molecule has 4 rings (SSSR count). The van der Waals surface area contributed by atoms with Gasteiger partial charge < -0.3 is 14.8 Å². The SMILES string of the molecule is O=C(Nc1cccc(SCc2cc3ccc(O)cc3oc2=O)c1)C1CC1. The highest BCUT2D eigenvalue weighted by Crippen LogP contribution is 2.31. The van der Waals surface area contributed by atoms with Crippen molar-refractivity contribution in [2.24, 2.45) is 5.92 Å². The largest absolute Gasteiger partial charge is 0.508 e. The van der Waals surface area contributed by atoms with Crippen LogP contribution in [0.4, 0.5) is 5.69 Å². The number of nitrogens with one attached hydrogen (secondary N) is 1. The van der Waals surface area contributed by atoms with Crippen LogP contribution >= 0.6 is 11.8 Å². The van der Waals surface area contributed by atoms with Gasteiger partial charge in [0, 0.05) is 39.3 Å². The molecule has 0 aliphatic heterocycles. The van der Waals surface area contributed by atoms with Gasteiger partial charge in [-0.25, -0.2) is 4.79 Å². The number of fused-ring (bicyclic) bond motifs is 1. The van der Waals surface area contributed by atoms with Gasteiger partial charge in [0.25, 0.3) is 0 Å². The molecule has 2 N–H and O–H groups in total. The van der Waals surface area contributed by atoms with Crippen molar-refractivity contribution < 1.29 is 14.3 Å². The molecule has 26 heavy (non-hydrogen) atoms. The normalized spacial score (nSPS) is 13.7. The molecule has 3 aromatic rings. The summed E-state index contributed by atoms with van der Waals surface area (Å²) < 4.78 is 5.29. The number of amides is 1. The van der Waals surface area contributed by atoms with E-state index < -0.39 is 5.63 Å². The number of carbonyl (C=O) groups excluding carboxylic acids is 1. The van der Waals surface area contributed by atoms with Crippen molar-refractivity contribution in [1.29, 1.82) is 0 Å². The van der Waals surface area contributed by atoms with Gasteiger partial charge >= 0.3 is 5.63 Å². The zero-order valence-corrected chi connectivity index (χ0v) is 14.7. The number of hydrogen-bond donors (Lipinski definition) is 2. The van der Waals surface area contributed by atoms with Gasteiger partial charge in [-0.2, -0.15) is 0 Å². The molecule has 0 saturated heterocycles. The Kier molecular flexibility index (Phi) is 4.42. The van der Waals surface area contributed by atoms with E-state index in [1.54, 1.807) is 18.2 Å². The summed E-state index contributed by atoms with van der Waals surface area (Å²) in [6, 6.07) is 14.1. The van der Waals surface area contributed by atoms with E-state index in [0.717, 1.165) is 28.8 Å². The maximum Gasteiger partial charge on any atom is 0.340 e. The highest BCUT2D eigenvalue weighted by molar-refractivity contribution is 7.98. The van der Waals surface area contributed by atoms with Crippen LogP contribution < -0.4 is 10.9 Å². The molecular formula is C20H17NO4S. The van der Waals surface area contributed by atoms with E-state index in [9.17, 15) is 14.7 Å². The van der Waals surface area contributed by atoms with Gasteiger partial charge in [-0.15, -0.1) is 11.8 Å². The van der Waals surface area contributed by atoms with Crippen molar-refractivity contribution in [2.45, 2.75) is 23.5 Å². The van der Waals surface area contributed by atoms with E-state index >= 15 is 0 Å². The maximum absolute atomic E-state index is 12.1. The lowest BCUT2D eigenvalue weighted by atomic mass is 10.2. The molecule has 0 unspecified atom stereocenters. The topological polar surface area (TPSA) is 79.5 Å². The van der Waals surface area contributed by atoms with Crippen LogP contribution in [0.3, 0.4) is 0 Å². The number of carbonyl (C=O) groups is 1. The fourth-order valence-electron chi connectivity index (χ4n) is 2.66. The average molecular weight is 367 g/mol. The molecule has 0 atom stereocenters. The first kappa shape index (κ1) is 16.7. The fraction of sp³-hybridized carbons (Fsp3) is 0.200. The standard InChI is InChI=1S/C20H17NO4S/c22-16-7-6-13-8-14(20(24)25-18(13)10-16)11-26-17-3-1-2-15(9-17)21-19(23)12-4-5-12/h1-3,6-10,12,22H,4-5,11H2,(H,21,23). The summed E-state index contributed by atoms with van der Waals surface area (Å²) in [5.41, 5.74) is 1.29. The highest BCUT2D eigenvalue weighted by atomic mass is 32.2. The van der Waals surface area contributed by atoms with Crippen LogP contribution in [0.1, 0.15) is 18.4 Å². The molecule has 1 aliphatic carbocycles. The second kappa shape index (κ2) is 6.88. The Balaban J connectivity index is 1.49. The average Bonchev–Trinajstić information content (AvgIpc) is 3.45. The van der Waals surface area contributed by atoms with Crippen molar-refractivity contribution in [3.05, 3.63) is 64.5 Å². The molecular weight excluding hydrogens is 350 g/mol. The van der Waals surface area contributed by atoms with Gasteiger partial charge in [0.2, 0.25) is 5.91 Å². The molecule has 1 aromatic heterocycles.